The average Bonchev–Trinajstić information content (AvgIpc) is 2.80. The van der Waals surface area contributed by atoms with Crippen LogP contribution in [-0.2, 0) is 15.6 Å². The van der Waals surface area contributed by atoms with Gasteiger partial charge in [-0.15, -0.1) is 0 Å². The molecule has 33 heavy (non-hydrogen) atoms. The van der Waals surface area contributed by atoms with Crippen LogP contribution in [0.3, 0.4) is 0 Å². The third-order valence-electron chi connectivity index (χ3n) is 5.64. The number of carbonyl (C=O) groups is 1. The molecule has 0 saturated carbocycles. The first kappa shape index (κ1) is 23.1. The number of nitrogens with zero attached hydrogens (tertiary/aromatic N) is 3. The van der Waals surface area contributed by atoms with E-state index in [0.717, 1.165) is 5.56 Å². The van der Waals surface area contributed by atoms with E-state index in [1.807, 2.05) is 0 Å². The number of pyridine rings is 1. The number of hydrogen-bond donors (Lipinski definition) is 1. The van der Waals surface area contributed by atoms with Crippen molar-refractivity contribution in [3.05, 3.63) is 81.0 Å². The van der Waals surface area contributed by atoms with E-state index in [2.05, 4.69) is 15.0 Å². The standard InChI is InChI=1S/C23H23ClN4O4S/c1-33(31,32)14-15-2-4-18(5-3-15)23(30)28-12-8-16(9-13-28)20-19(24)22(29)27-21(26-20)17-6-10-25-11-7-17/h2-7,10-11,16H,8-9,12-14H2,1H3,(H,26,27,29). The highest BCUT2D eigenvalue weighted by Gasteiger charge is 2.28. The molecule has 1 N–H and O–H groups in total. The number of piperidine rings is 1. The summed E-state index contributed by atoms with van der Waals surface area (Å²) >= 11 is 6.30. The molecule has 0 radical (unpaired) electrons. The SMILES string of the molecule is CS(=O)(=O)Cc1ccc(C(=O)N2CCC(c3nc(-c4ccncc4)[nH]c(=O)c3Cl)CC2)cc1. The fourth-order valence-corrected chi connectivity index (χ4v) is 5.02. The summed E-state index contributed by atoms with van der Waals surface area (Å²) in [5, 5.41) is 0.0825. The van der Waals surface area contributed by atoms with Gasteiger partial charge in [-0.05, 0) is 42.7 Å². The molecule has 2 aromatic heterocycles. The van der Waals surface area contributed by atoms with E-state index in [-0.39, 0.29) is 28.2 Å². The van der Waals surface area contributed by atoms with Gasteiger partial charge in [-0.3, -0.25) is 14.6 Å². The summed E-state index contributed by atoms with van der Waals surface area (Å²) in [7, 11) is -3.13. The van der Waals surface area contributed by atoms with Crippen LogP contribution in [-0.4, -0.2) is 53.5 Å². The number of aromatic nitrogens is 3. The van der Waals surface area contributed by atoms with E-state index in [0.29, 0.717) is 48.6 Å². The quantitative estimate of drug-likeness (QED) is 0.593. The van der Waals surface area contributed by atoms with Gasteiger partial charge >= 0.3 is 0 Å². The Bertz CT molecular complexity index is 1320. The van der Waals surface area contributed by atoms with Gasteiger partial charge in [-0.1, -0.05) is 23.7 Å². The Morgan fingerprint density at radius 2 is 1.76 bits per heavy atom. The molecule has 3 heterocycles. The van der Waals surface area contributed by atoms with Crippen LogP contribution < -0.4 is 5.56 Å². The first-order valence-electron chi connectivity index (χ1n) is 10.5. The van der Waals surface area contributed by atoms with Gasteiger partial charge in [-0.2, -0.15) is 0 Å². The molecule has 4 rings (SSSR count). The van der Waals surface area contributed by atoms with Crippen molar-refractivity contribution < 1.29 is 13.2 Å². The molecule has 3 aromatic rings. The molecule has 10 heteroatoms. The average molecular weight is 487 g/mol. The molecule has 8 nitrogen and oxygen atoms in total. The summed E-state index contributed by atoms with van der Waals surface area (Å²) in [6, 6.07) is 10.2. The Balaban J connectivity index is 1.46. The minimum Gasteiger partial charge on any atom is -0.339 e. The molecule has 1 amide bonds. The van der Waals surface area contributed by atoms with Gasteiger partial charge in [0.2, 0.25) is 0 Å². The normalized spacial score (nSPS) is 14.9. The first-order valence-corrected chi connectivity index (χ1v) is 12.9. The Hall–Kier alpha value is -3.04. The Labute approximate surface area is 196 Å². The monoisotopic (exact) mass is 486 g/mol. The molecule has 0 aliphatic carbocycles. The van der Waals surface area contributed by atoms with Crippen molar-refractivity contribution in [2.45, 2.75) is 24.5 Å². The lowest BCUT2D eigenvalue weighted by atomic mass is 9.92. The molecule has 0 bridgehead atoms. The molecule has 0 spiro atoms. The van der Waals surface area contributed by atoms with Gasteiger partial charge in [0, 0.05) is 48.8 Å². The summed E-state index contributed by atoms with van der Waals surface area (Å²) in [4.78, 5) is 38.4. The Morgan fingerprint density at radius 3 is 2.36 bits per heavy atom. The van der Waals surface area contributed by atoms with Crippen LogP contribution in [0.2, 0.25) is 5.02 Å². The van der Waals surface area contributed by atoms with E-state index in [1.54, 1.807) is 53.7 Å². The predicted octanol–water partition coefficient (Wildman–Crippen LogP) is 3.05. The fraction of sp³-hybridized carbons (Fsp3) is 0.304. The summed E-state index contributed by atoms with van der Waals surface area (Å²) in [6.07, 6.45) is 5.69. The number of nitrogens with one attached hydrogen (secondary N) is 1. The maximum atomic E-state index is 12.9. The number of H-pyrrole nitrogens is 1. The molecule has 0 unspecified atom stereocenters. The van der Waals surface area contributed by atoms with Gasteiger partial charge < -0.3 is 9.88 Å². The van der Waals surface area contributed by atoms with Crippen LogP contribution in [0.1, 0.15) is 40.4 Å². The summed E-state index contributed by atoms with van der Waals surface area (Å²) < 4.78 is 22.9. The number of benzene rings is 1. The molecular weight excluding hydrogens is 464 g/mol. The lowest BCUT2D eigenvalue weighted by Crippen LogP contribution is -2.38. The topological polar surface area (TPSA) is 113 Å². The molecule has 1 aliphatic rings. The van der Waals surface area contributed by atoms with Crippen LogP contribution in [0, 0.1) is 0 Å². The van der Waals surface area contributed by atoms with Crippen molar-refractivity contribution in [2.24, 2.45) is 0 Å². The third-order valence-corrected chi connectivity index (χ3v) is 6.86. The van der Waals surface area contributed by atoms with E-state index in [1.165, 1.54) is 6.26 Å². The summed E-state index contributed by atoms with van der Waals surface area (Å²) in [5.74, 6) is 0.232. The highest BCUT2D eigenvalue weighted by molar-refractivity contribution is 7.89. The number of likely N-dealkylation sites (tertiary alicyclic amines) is 1. The first-order chi connectivity index (χ1) is 15.7. The maximum Gasteiger partial charge on any atom is 0.270 e. The smallest absolute Gasteiger partial charge is 0.270 e. The van der Waals surface area contributed by atoms with Gasteiger partial charge in [0.25, 0.3) is 11.5 Å². The zero-order valence-corrected chi connectivity index (χ0v) is 19.6. The van der Waals surface area contributed by atoms with Gasteiger partial charge in [0.05, 0.1) is 11.4 Å². The number of rotatable bonds is 5. The van der Waals surface area contributed by atoms with Crippen molar-refractivity contribution in [1.82, 2.24) is 19.9 Å². The zero-order chi connectivity index (χ0) is 23.6. The molecule has 0 atom stereocenters. The molecule has 1 saturated heterocycles. The van der Waals surface area contributed by atoms with E-state index in [9.17, 15) is 18.0 Å². The molecule has 1 fully saturated rings. The van der Waals surface area contributed by atoms with E-state index in [4.69, 9.17) is 11.6 Å². The highest BCUT2D eigenvalue weighted by Crippen LogP contribution is 2.31. The lowest BCUT2D eigenvalue weighted by Gasteiger charge is -2.32. The molecule has 1 aliphatic heterocycles. The van der Waals surface area contributed by atoms with Crippen molar-refractivity contribution in [3.8, 4) is 11.4 Å². The molecular formula is C23H23ClN4O4S. The third kappa shape index (κ3) is 5.48. The number of hydrogen-bond acceptors (Lipinski definition) is 6. The van der Waals surface area contributed by atoms with Crippen molar-refractivity contribution >= 4 is 27.3 Å². The fourth-order valence-electron chi connectivity index (χ4n) is 3.98. The van der Waals surface area contributed by atoms with Gasteiger partial charge in [-0.25, -0.2) is 13.4 Å². The van der Waals surface area contributed by atoms with E-state index < -0.39 is 9.84 Å². The van der Waals surface area contributed by atoms with Crippen molar-refractivity contribution in [2.75, 3.05) is 19.3 Å². The van der Waals surface area contributed by atoms with Crippen LogP contribution in [0.5, 0.6) is 0 Å². The van der Waals surface area contributed by atoms with Gasteiger partial charge in [0.1, 0.15) is 10.8 Å². The van der Waals surface area contributed by atoms with Crippen LogP contribution >= 0.6 is 11.6 Å². The second-order valence-electron chi connectivity index (χ2n) is 8.18. The number of aromatic amines is 1. The number of carbonyl (C=O) groups excluding carboxylic acids is 1. The minimum atomic E-state index is -3.13. The van der Waals surface area contributed by atoms with Crippen molar-refractivity contribution in [1.29, 1.82) is 0 Å². The van der Waals surface area contributed by atoms with Crippen LogP contribution in [0.4, 0.5) is 0 Å². The zero-order valence-electron chi connectivity index (χ0n) is 18.0. The largest absolute Gasteiger partial charge is 0.339 e. The van der Waals surface area contributed by atoms with Crippen LogP contribution in [0.15, 0.2) is 53.6 Å². The minimum absolute atomic E-state index is 0.0402. The lowest BCUT2D eigenvalue weighted by molar-refractivity contribution is 0.0712. The number of halogens is 1. The maximum absolute atomic E-state index is 12.9. The summed E-state index contributed by atoms with van der Waals surface area (Å²) in [6.45, 7) is 1.01. The Kier molecular flexibility index (Phi) is 6.62. The Morgan fingerprint density at radius 1 is 1.12 bits per heavy atom. The second kappa shape index (κ2) is 9.44. The van der Waals surface area contributed by atoms with Crippen LogP contribution in [0.25, 0.3) is 11.4 Å². The molecule has 1 aromatic carbocycles. The second-order valence-corrected chi connectivity index (χ2v) is 10.7. The number of sulfone groups is 1. The highest BCUT2D eigenvalue weighted by atomic mass is 35.5. The number of amides is 1. The predicted molar refractivity (Wildman–Crippen MR) is 126 cm³/mol. The van der Waals surface area contributed by atoms with Gasteiger partial charge in [0.15, 0.2) is 9.84 Å². The van der Waals surface area contributed by atoms with Crippen molar-refractivity contribution in [3.63, 3.8) is 0 Å². The summed E-state index contributed by atoms with van der Waals surface area (Å²) in [5.41, 5.74) is 2.06. The van der Waals surface area contributed by atoms with E-state index >= 15 is 0 Å². The molecule has 172 valence electrons.